The van der Waals surface area contributed by atoms with Crippen molar-refractivity contribution in [3.8, 4) is 0 Å². The van der Waals surface area contributed by atoms with Crippen molar-refractivity contribution in [1.82, 2.24) is 5.32 Å². The lowest BCUT2D eigenvalue weighted by Gasteiger charge is -2.30. The number of benzene rings is 1. The fourth-order valence-corrected chi connectivity index (χ4v) is 3.15. The average Bonchev–Trinajstić information content (AvgIpc) is 3.05. The van der Waals surface area contributed by atoms with E-state index < -0.39 is 23.2 Å². The van der Waals surface area contributed by atoms with Crippen molar-refractivity contribution in [2.75, 3.05) is 13.2 Å². The molecule has 0 heterocycles. The van der Waals surface area contributed by atoms with Gasteiger partial charge in [0.25, 0.3) is 0 Å². The van der Waals surface area contributed by atoms with Crippen LogP contribution in [0.3, 0.4) is 0 Å². The SMILES string of the molecule is C=CCOCC(NC(=O)C1(c2cccc(F)c2)CCCC1)C(=O)O. The number of nitrogens with one attached hydrogen (secondary N) is 1. The molecular weight excluding hydrogens is 313 g/mol. The number of carbonyl (C=O) groups is 2. The predicted octanol–water partition coefficient (Wildman–Crippen LogP) is 2.41. The number of hydrogen-bond acceptors (Lipinski definition) is 3. The van der Waals surface area contributed by atoms with Gasteiger partial charge in [0.2, 0.25) is 5.91 Å². The van der Waals surface area contributed by atoms with Crippen molar-refractivity contribution >= 4 is 11.9 Å². The molecule has 5 nitrogen and oxygen atoms in total. The van der Waals surface area contributed by atoms with Crippen molar-refractivity contribution in [1.29, 1.82) is 0 Å². The van der Waals surface area contributed by atoms with Gasteiger partial charge in [-0.15, -0.1) is 6.58 Å². The van der Waals surface area contributed by atoms with E-state index in [-0.39, 0.29) is 19.1 Å². The van der Waals surface area contributed by atoms with Gasteiger partial charge in [-0.2, -0.15) is 0 Å². The minimum absolute atomic E-state index is 0.147. The molecule has 1 aliphatic carbocycles. The first kappa shape index (κ1) is 18.1. The van der Waals surface area contributed by atoms with Crippen LogP contribution in [0.25, 0.3) is 0 Å². The normalized spacial score (nSPS) is 17.2. The van der Waals surface area contributed by atoms with Gasteiger partial charge in [0.05, 0.1) is 18.6 Å². The molecule has 1 aliphatic rings. The maximum Gasteiger partial charge on any atom is 0.328 e. The second kappa shape index (κ2) is 8.06. The van der Waals surface area contributed by atoms with Crippen LogP contribution in [-0.2, 0) is 19.7 Å². The number of halogens is 1. The highest BCUT2D eigenvalue weighted by molar-refractivity contribution is 5.91. The van der Waals surface area contributed by atoms with Gasteiger partial charge in [-0.25, -0.2) is 9.18 Å². The van der Waals surface area contributed by atoms with Crippen molar-refractivity contribution in [3.05, 3.63) is 48.3 Å². The van der Waals surface area contributed by atoms with E-state index in [2.05, 4.69) is 11.9 Å². The molecule has 2 rings (SSSR count). The number of hydrogen-bond donors (Lipinski definition) is 2. The average molecular weight is 335 g/mol. The predicted molar refractivity (Wildman–Crippen MR) is 87.1 cm³/mol. The molecule has 1 aromatic rings. The molecule has 1 amide bonds. The first-order chi connectivity index (χ1) is 11.5. The Morgan fingerprint density at radius 2 is 2.12 bits per heavy atom. The summed E-state index contributed by atoms with van der Waals surface area (Å²) in [6.45, 7) is 3.55. The lowest BCUT2D eigenvalue weighted by atomic mass is 9.77. The van der Waals surface area contributed by atoms with Crippen LogP contribution in [0, 0.1) is 5.82 Å². The first-order valence-corrected chi connectivity index (χ1v) is 7.98. The summed E-state index contributed by atoms with van der Waals surface area (Å²) in [5, 5.41) is 11.8. The van der Waals surface area contributed by atoms with Crippen molar-refractivity contribution in [2.24, 2.45) is 0 Å². The topological polar surface area (TPSA) is 75.6 Å². The Kier molecular flexibility index (Phi) is 6.09. The van der Waals surface area contributed by atoms with Gasteiger partial charge >= 0.3 is 5.97 Å². The Morgan fingerprint density at radius 3 is 2.71 bits per heavy atom. The van der Waals surface area contributed by atoms with Crippen molar-refractivity contribution in [2.45, 2.75) is 37.1 Å². The van der Waals surface area contributed by atoms with Crippen molar-refractivity contribution in [3.63, 3.8) is 0 Å². The molecule has 1 fully saturated rings. The van der Waals surface area contributed by atoms with E-state index in [1.54, 1.807) is 12.1 Å². The molecule has 1 atom stereocenters. The van der Waals surface area contributed by atoms with E-state index in [9.17, 15) is 19.1 Å². The van der Waals surface area contributed by atoms with Crippen LogP contribution < -0.4 is 5.32 Å². The van der Waals surface area contributed by atoms with Gasteiger partial charge < -0.3 is 15.2 Å². The number of carboxylic acids is 1. The van der Waals surface area contributed by atoms with Crippen LogP contribution in [0.15, 0.2) is 36.9 Å². The zero-order valence-corrected chi connectivity index (χ0v) is 13.5. The third-order valence-electron chi connectivity index (χ3n) is 4.39. The molecule has 0 aromatic heterocycles. The molecule has 6 heteroatoms. The summed E-state index contributed by atoms with van der Waals surface area (Å²) in [7, 11) is 0. The summed E-state index contributed by atoms with van der Waals surface area (Å²) in [6.07, 6.45) is 4.33. The van der Waals surface area contributed by atoms with Crippen LogP contribution in [0.4, 0.5) is 4.39 Å². The highest BCUT2D eigenvalue weighted by Crippen LogP contribution is 2.41. The van der Waals surface area contributed by atoms with Gasteiger partial charge in [-0.05, 0) is 30.5 Å². The van der Waals surface area contributed by atoms with Gasteiger partial charge in [0.15, 0.2) is 6.04 Å². The lowest BCUT2D eigenvalue weighted by molar-refractivity contribution is -0.144. The molecule has 1 aromatic carbocycles. The summed E-state index contributed by atoms with van der Waals surface area (Å²) in [5.74, 6) is -1.96. The smallest absolute Gasteiger partial charge is 0.328 e. The zero-order chi connectivity index (χ0) is 17.6. The van der Waals surface area contributed by atoms with Crippen LogP contribution in [0.2, 0.25) is 0 Å². The van der Waals surface area contributed by atoms with E-state index in [0.29, 0.717) is 18.4 Å². The van der Waals surface area contributed by atoms with Crippen LogP contribution >= 0.6 is 0 Å². The van der Waals surface area contributed by atoms with E-state index in [1.807, 2.05) is 0 Å². The number of carboxylic acid groups (broad SMARTS) is 1. The molecule has 1 unspecified atom stereocenters. The maximum atomic E-state index is 13.6. The van der Waals surface area contributed by atoms with Crippen LogP contribution in [-0.4, -0.2) is 36.2 Å². The zero-order valence-electron chi connectivity index (χ0n) is 13.5. The summed E-state index contributed by atoms with van der Waals surface area (Å²) in [4.78, 5) is 24.2. The first-order valence-electron chi connectivity index (χ1n) is 7.98. The number of amides is 1. The molecule has 0 saturated heterocycles. The van der Waals surface area contributed by atoms with E-state index in [0.717, 1.165) is 12.8 Å². The Morgan fingerprint density at radius 1 is 1.42 bits per heavy atom. The third kappa shape index (κ3) is 4.00. The van der Waals surface area contributed by atoms with E-state index >= 15 is 0 Å². The summed E-state index contributed by atoms with van der Waals surface area (Å²) in [5.41, 5.74) is -0.289. The summed E-state index contributed by atoms with van der Waals surface area (Å²) >= 11 is 0. The molecule has 1 saturated carbocycles. The number of rotatable bonds is 8. The molecular formula is C18H22FNO4. The van der Waals surface area contributed by atoms with Gasteiger partial charge in [0, 0.05) is 0 Å². The molecule has 24 heavy (non-hydrogen) atoms. The van der Waals surface area contributed by atoms with Gasteiger partial charge in [-0.1, -0.05) is 31.1 Å². The van der Waals surface area contributed by atoms with E-state index in [1.165, 1.54) is 18.2 Å². The Hall–Kier alpha value is -2.21. The summed E-state index contributed by atoms with van der Waals surface area (Å²) < 4.78 is 18.7. The van der Waals surface area contributed by atoms with E-state index in [4.69, 9.17) is 4.74 Å². The molecule has 0 aliphatic heterocycles. The second-order valence-corrected chi connectivity index (χ2v) is 5.99. The number of carbonyl (C=O) groups excluding carboxylic acids is 1. The lowest BCUT2D eigenvalue weighted by Crippen LogP contribution is -2.51. The molecule has 130 valence electrons. The maximum absolute atomic E-state index is 13.6. The van der Waals surface area contributed by atoms with Crippen molar-refractivity contribution < 1.29 is 23.8 Å². The monoisotopic (exact) mass is 335 g/mol. The standard InChI is InChI=1S/C18H22FNO4/c1-2-10-24-12-15(16(21)22)20-17(23)18(8-3-4-9-18)13-6-5-7-14(19)11-13/h2,5-7,11,15H,1,3-4,8-10,12H2,(H,20,23)(H,21,22). The number of ether oxygens (including phenoxy) is 1. The Balaban J connectivity index is 2.19. The quantitative estimate of drug-likeness (QED) is 0.565. The fourth-order valence-electron chi connectivity index (χ4n) is 3.15. The number of aliphatic carboxylic acids is 1. The minimum atomic E-state index is -1.17. The Labute approximate surface area is 140 Å². The molecule has 0 radical (unpaired) electrons. The van der Waals surface area contributed by atoms with Crippen LogP contribution in [0.5, 0.6) is 0 Å². The molecule has 0 spiro atoms. The second-order valence-electron chi connectivity index (χ2n) is 5.99. The van der Waals surface area contributed by atoms with Gasteiger partial charge in [0.1, 0.15) is 5.82 Å². The van der Waals surface area contributed by atoms with Crippen LogP contribution in [0.1, 0.15) is 31.2 Å². The third-order valence-corrected chi connectivity index (χ3v) is 4.39. The highest BCUT2D eigenvalue weighted by atomic mass is 19.1. The largest absolute Gasteiger partial charge is 0.480 e. The highest BCUT2D eigenvalue weighted by Gasteiger charge is 2.44. The summed E-state index contributed by atoms with van der Waals surface area (Å²) in [6, 6.07) is 4.82. The molecule has 2 N–H and O–H groups in total. The minimum Gasteiger partial charge on any atom is -0.480 e. The van der Waals surface area contributed by atoms with Gasteiger partial charge in [-0.3, -0.25) is 4.79 Å². The fraction of sp³-hybridized carbons (Fsp3) is 0.444. The molecule has 0 bridgehead atoms. The Bertz CT molecular complexity index is 611.